The fourth-order valence-corrected chi connectivity index (χ4v) is 3.59. The van der Waals surface area contributed by atoms with Gasteiger partial charge in [0.05, 0.1) is 12.2 Å². The van der Waals surface area contributed by atoms with E-state index < -0.39 is 0 Å². The molecule has 0 fully saturated rings. The van der Waals surface area contributed by atoms with Gasteiger partial charge in [0.15, 0.2) is 17.5 Å². The summed E-state index contributed by atoms with van der Waals surface area (Å²) in [7, 11) is 1.77. The third-order valence-corrected chi connectivity index (χ3v) is 4.87. The van der Waals surface area contributed by atoms with E-state index in [1.54, 1.807) is 7.05 Å². The van der Waals surface area contributed by atoms with Gasteiger partial charge in [-0.25, -0.2) is 0 Å². The van der Waals surface area contributed by atoms with Crippen molar-refractivity contribution in [1.29, 1.82) is 0 Å². The van der Waals surface area contributed by atoms with E-state index in [1.807, 2.05) is 23.7 Å². The lowest BCUT2D eigenvalue weighted by molar-refractivity contribution is 0.132. The Kier molecular flexibility index (Phi) is 8.81. The molecule has 8 heteroatoms. The fraction of sp³-hybridized carbons (Fsp3) is 0.545. The Morgan fingerprint density at radius 3 is 2.73 bits per heavy atom. The van der Waals surface area contributed by atoms with Gasteiger partial charge in [0.1, 0.15) is 12.2 Å². The summed E-state index contributed by atoms with van der Waals surface area (Å²) >= 11 is 0. The number of aromatic nitrogens is 2. The van der Waals surface area contributed by atoms with Gasteiger partial charge >= 0.3 is 0 Å². The second-order valence-corrected chi connectivity index (χ2v) is 8.06. The highest BCUT2D eigenvalue weighted by Crippen LogP contribution is 2.41. The van der Waals surface area contributed by atoms with Crippen LogP contribution in [0.2, 0.25) is 0 Å². The number of benzene rings is 1. The van der Waals surface area contributed by atoms with Gasteiger partial charge in [-0.1, -0.05) is 12.1 Å². The number of hydrogen-bond donors (Lipinski definition) is 2. The minimum atomic E-state index is -0.167. The van der Waals surface area contributed by atoms with E-state index in [2.05, 4.69) is 53.6 Å². The van der Waals surface area contributed by atoms with E-state index in [-0.39, 0.29) is 29.6 Å². The number of aliphatic imine (C=N–C) groups is 1. The van der Waals surface area contributed by atoms with Crippen molar-refractivity contribution in [2.45, 2.75) is 52.7 Å². The van der Waals surface area contributed by atoms with Crippen LogP contribution in [-0.2, 0) is 13.0 Å². The topological polar surface area (TPSA) is 72.7 Å². The Labute approximate surface area is 196 Å². The van der Waals surface area contributed by atoms with Crippen LogP contribution in [0, 0.1) is 13.8 Å². The molecule has 0 aliphatic carbocycles. The van der Waals surface area contributed by atoms with Crippen molar-refractivity contribution < 1.29 is 9.47 Å². The first-order valence-corrected chi connectivity index (χ1v) is 10.3. The Morgan fingerprint density at radius 1 is 1.27 bits per heavy atom. The number of rotatable bonds is 8. The summed E-state index contributed by atoms with van der Waals surface area (Å²) in [5.41, 5.74) is 3.30. The van der Waals surface area contributed by atoms with Crippen molar-refractivity contribution in [2.75, 3.05) is 26.7 Å². The number of aryl methyl sites for hydroxylation is 3. The zero-order valence-corrected chi connectivity index (χ0v) is 20.9. The molecule has 166 valence electrons. The maximum atomic E-state index is 6.05. The van der Waals surface area contributed by atoms with Crippen LogP contribution in [0.4, 0.5) is 0 Å². The van der Waals surface area contributed by atoms with E-state index in [1.165, 1.54) is 11.3 Å². The highest BCUT2D eigenvalue weighted by Gasteiger charge is 2.32. The molecule has 1 aromatic heterocycles. The Morgan fingerprint density at radius 2 is 2.03 bits per heavy atom. The SMILES string of the molecule is CN=C(NCCCn1nc(C)cc1C)NCCOc1cccc2c1OC(C)(C)C2.I. The van der Waals surface area contributed by atoms with Crippen molar-refractivity contribution in [3.8, 4) is 11.5 Å². The van der Waals surface area contributed by atoms with Crippen LogP contribution >= 0.6 is 24.0 Å². The van der Waals surface area contributed by atoms with Gasteiger partial charge in [0.2, 0.25) is 0 Å². The molecule has 7 nitrogen and oxygen atoms in total. The molecule has 0 radical (unpaired) electrons. The van der Waals surface area contributed by atoms with E-state index in [9.17, 15) is 0 Å². The highest BCUT2D eigenvalue weighted by molar-refractivity contribution is 14.0. The van der Waals surface area contributed by atoms with Gasteiger partial charge < -0.3 is 20.1 Å². The van der Waals surface area contributed by atoms with Crippen LogP contribution in [0.1, 0.15) is 37.2 Å². The summed E-state index contributed by atoms with van der Waals surface area (Å²) in [4.78, 5) is 4.27. The van der Waals surface area contributed by atoms with Gasteiger partial charge in [-0.2, -0.15) is 5.10 Å². The number of nitrogens with one attached hydrogen (secondary N) is 2. The van der Waals surface area contributed by atoms with Crippen molar-refractivity contribution in [1.82, 2.24) is 20.4 Å². The minimum absolute atomic E-state index is 0. The number of fused-ring (bicyclic) bond motifs is 1. The molecule has 2 N–H and O–H groups in total. The third kappa shape index (κ3) is 6.52. The summed E-state index contributed by atoms with van der Waals surface area (Å²) in [6.45, 7) is 11.2. The number of para-hydroxylation sites is 1. The van der Waals surface area contributed by atoms with Gasteiger partial charge in [0, 0.05) is 37.8 Å². The molecule has 0 unspecified atom stereocenters. The highest BCUT2D eigenvalue weighted by atomic mass is 127. The summed E-state index contributed by atoms with van der Waals surface area (Å²) in [6.07, 6.45) is 1.88. The smallest absolute Gasteiger partial charge is 0.191 e. The van der Waals surface area contributed by atoms with Crippen molar-refractivity contribution in [2.24, 2.45) is 4.99 Å². The second kappa shape index (κ2) is 10.9. The van der Waals surface area contributed by atoms with Crippen LogP contribution in [0.15, 0.2) is 29.3 Å². The molecule has 0 saturated heterocycles. The third-order valence-electron chi connectivity index (χ3n) is 4.87. The second-order valence-electron chi connectivity index (χ2n) is 8.06. The lowest BCUT2D eigenvalue weighted by atomic mass is 10.0. The molecule has 1 aromatic carbocycles. The molecule has 1 aliphatic heterocycles. The maximum Gasteiger partial charge on any atom is 0.191 e. The molecule has 0 saturated carbocycles. The van der Waals surface area contributed by atoms with Gasteiger partial charge in [-0.15, -0.1) is 24.0 Å². The predicted molar refractivity (Wildman–Crippen MR) is 131 cm³/mol. The maximum absolute atomic E-state index is 6.05. The molecule has 2 heterocycles. The molecule has 2 aromatic rings. The first kappa shape index (κ1) is 24.3. The molecular weight excluding hydrogens is 493 g/mol. The van der Waals surface area contributed by atoms with Gasteiger partial charge in [0.25, 0.3) is 0 Å². The van der Waals surface area contributed by atoms with E-state index in [0.717, 1.165) is 49.1 Å². The van der Waals surface area contributed by atoms with Gasteiger partial charge in [-0.3, -0.25) is 9.67 Å². The molecule has 1 aliphatic rings. The van der Waals surface area contributed by atoms with Crippen LogP contribution < -0.4 is 20.1 Å². The Balaban J connectivity index is 0.00000320. The molecule has 0 amide bonds. The van der Waals surface area contributed by atoms with E-state index in [0.29, 0.717) is 13.2 Å². The summed E-state index contributed by atoms with van der Waals surface area (Å²) in [5.74, 6) is 2.46. The molecule has 30 heavy (non-hydrogen) atoms. The number of hydrogen-bond acceptors (Lipinski definition) is 4. The standard InChI is InChI=1S/C22H33N5O2.HI/c1-16-14-17(2)27(26-16)12-7-10-24-21(23-5)25-11-13-28-19-9-6-8-18-15-22(3,4)29-20(18)19;/h6,8-9,14H,7,10-13,15H2,1-5H3,(H2,23,24,25);1H. The molecule has 3 rings (SSSR count). The van der Waals surface area contributed by atoms with Gasteiger partial charge in [-0.05, 0) is 46.2 Å². The first-order chi connectivity index (χ1) is 13.9. The van der Waals surface area contributed by atoms with Crippen LogP contribution in [0.3, 0.4) is 0 Å². The quantitative estimate of drug-likeness (QED) is 0.238. The number of ether oxygens (including phenoxy) is 2. The molecule has 0 atom stereocenters. The molecule has 0 bridgehead atoms. The zero-order chi connectivity index (χ0) is 20.9. The summed E-state index contributed by atoms with van der Waals surface area (Å²) < 4.78 is 14.0. The Bertz CT molecular complexity index is 863. The van der Waals surface area contributed by atoms with Crippen molar-refractivity contribution >= 4 is 29.9 Å². The number of guanidine groups is 1. The average molecular weight is 527 g/mol. The fourth-order valence-electron chi connectivity index (χ4n) is 3.59. The van der Waals surface area contributed by atoms with Crippen molar-refractivity contribution in [3.63, 3.8) is 0 Å². The lowest BCUT2D eigenvalue weighted by Crippen LogP contribution is -2.39. The van der Waals surface area contributed by atoms with Crippen LogP contribution in [0.25, 0.3) is 0 Å². The van der Waals surface area contributed by atoms with Crippen LogP contribution in [-0.4, -0.2) is 48.1 Å². The molecule has 0 spiro atoms. The Hall–Kier alpha value is -1.97. The average Bonchev–Trinajstić information content (AvgIpc) is 3.16. The largest absolute Gasteiger partial charge is 0.488 e. The number of halogens is 1. The minimum Gasteiger partial charge on any atom is -0.488 e. The zero-order valence-electron chi connectivity index (χ0n) is 18.6. The van der Waals surface area contributed by atoms with E-state index >= 15 is 0 Å². The molecular formula is C22H34IN5O2. The van der Waals surface area contributed by atoms with Crippen molar-refractivity contribution in [3.05, 3.63) is 41.2 Å². The summed E-state index contributed by atoms with van der Waals surface area (Å²) in [6, 6.07) is 8.19. The number of nitrogens with zero attached hydrogens (tertiary/aromatic N) is 3. The van der Waals surface area contributed by atoms with E-state index in [4.69, 9.17) is 9.47 Å². The normalized spacial score (nSPS) is 14.5. The lowest BCUT2D eigenvalue weighted by Gasteiger charge is -2.18. The van der Waals surface area contributed by atoms with Crippen LogP contribution in [0.5, 0.6) is 11.5 Å². The summed E-state index contributed by atoms with van der Waals surface area (Å²) in [5, 5.41) is 11.1. The monoisotopic (exact) mass is 527 g/mol. The first-order valence-electron chi connectivity index (χ1n) is 10.3. The predicted octanol–water partition coefficient (Wildman–Crippen LogP) is 3.47.